The zero-order valence-electron chi connectivity index (χ0n) is 10.9. The van der Waals surface area contributed by atoms with Crippen molar-refractivity contribution in [1.82, 2.24) is 9.88 Å². The van der Waals surface area contributed by atoms with E-state index in [1.54, 1.807) is 0 Å². The molecule has 1 aliphatic heterocycles. The Morgan fingerprint density at radius 1 is 1.22 bits per heavy atom. The molecule has 2 aromatic rings. The zero-order valence-corrected chi connectivity index (χ0v) is 11.7. The van der Waals surface area contributed by atoms with Crippen LogP contribution in [0.5, 0.6) is 0 Å². The Balaban J connectivity index is 1.72. The maximum atomic E-state index is 4.77. The fraction of sp³-hybridized carbons (Fsp3) is 0.533. The highest BCUT2D eigenvalue weighted by Crippen LogP contribution is 2.28. The van der Waals surface area contributed by atoms with Crippen LogP contribution in [-0.4, -0.2) is 29.5 Å². The average Bonchev–Trinajstić information content (AvgIpc) is 2.84. The summed E-state index contributed by atoms with van der Waals surface area (Å²) in [7, 11) is 0. The van der Waals surface area contributed by atoms with Gasteiger partial charge in [0.25, 0.3) is 0 Å². The zero-order chi connectivity index (χ0) is 12.4. The molecule has 18 heavy (non-hydrogen) atoms. The van der Waals surface area contributed by atoms with Crippen molar-refractivity contribution in [1.29, 1.82) is 0 Å². The smallest absolute Gasteiger partial charge is 0.0979 e. The Labute approximate surface area is 113 Å². The van der Waals surface area contributed by atoms with Crippen molar-refractivity contribution in [2.24, 2.45) is 0 Å². The monoisotopic (exact) mass is 260 g/mol. The predicted octanol–water partition coefficient (Wildman–Crippen LogP) is 3.89. The number of nitrogens with zero attached hydrogens (tertiary/aromatic N) is 2. The summed E-state index contributed by atoms with van der Waals surface area (Å²) < 4.78 is 1.32. The van der Waals surface area contributed by atoms with Crippen LogP contribution in [0.3, 0.4) is 0 Å². The van der Waals surface area contributed by atoms with E-state index < -0.39 is 0 Å². The number of rotatable bonds is 3. The summed E-state index contributed by atoms with van der Waals surface area (Å²) in [5, 5.41) is 1.29. The molecule has 1 aliphatic rings. The summed E-state index contributed by atoms with van der Waals surface area (Å²) in [6.07, 6.45) is 4.14. The molecule has 0 N–H and O–H groups in total. The van der Waals surface area contributed by atoms with Gasteiger partial charge in [-0.15, -0.1) is 11.3 Å². The summed E-state index contributed by atoms with van der Waals surface area (Å²) in [5.41, 5.74) is 1.16. The average molecular weight is 260 g/mol. The van der Waals surface area contributed by atoms with Gasteiger partial charge < -0.3 is 4.90 Å². The molecule has 96 valence electrons. The molecule has 0 bridgehead atoms. The lowest BCUT2D eigenvalue weighted by Gasteiger charge is -2.28. The number of para-hydroxylation sites is 1. The molecule has 1 saturated heterocycles. The van der Waals surface area contributed by atoms with Crippen LogP contribution < -0.4 is 0 Å². The van der Waals surface area contributed by atoms with Gasteiger partial charge in [-0.25, -0.2) is 4.98 Å². The first-order valence-corrected chi connectivity index (χ1v) is 7.72. The van der Waals surface area contributed by atoms with Crippen LogP contribution in [0.4, 0.5) is 0 Å². The molecular weight excluding hydrogens is 240 g/mol. The van der Waals surface area contributed by atoms with E-state index in [9.17, 15) is 0 Å². The first-order valence-electron chi connectivity index (χ1n) is 6.91. The second-order valence-corrected chi connectivity index (χ2v) is 6.34. The molecule has 1 fully saturated rings. The van der Waals surface area contributed by atoms with Crippen molar-refractivity contribution in [3.63, 3.8) is 0 Å². The number of piperidine rings is 1. The van der Waals surface area contributed by atoms with Gasteiger partial charge in [0.15, 0.2) is 0 Å². The van der Waals surface area contributed by atoms with Crippen molar-refractivity contribution in [3.05, 3.63) is 29.3 Å². The number of fused-ring (bicyclic) bond motifs is 1. The molecule has 2 heterocycles. The van der Waals surface area contributed by atoms with Gasteiger partial charge in [0.2, 0.25) is 0 Å². The molecule has 0 aliphatic carbocycles. The molecule has 1 unspecified atom stereocenters. The molecule has 1 aromatic heterocycles. The molecule has 0 amide bonds. The van der Waals surface area contributed by atoms with E-state index in [-0.39, 0.29) is 0 Å². The van der Waals surface area contributed by atoms with E-state index in [1.807, 2.05) is 11.3 Å². The lowest BCUT2D eigenvalue weighted by molar-refractivity contribution is 0.219. The van der Waals surface area contributed by atoms with Crippen LogP contribution in [0.1, 0.15) is 37.1 Å². The van der Waals surface area contributed by atoms with Crippen LogP contribution in [-0.2, 0) is 0 Å². The number of likely N-dealkylation sites (tertiary alicyclic amines) is 1. The topological polar surface area (TPSA) is 16.1 Å². The molecule has 3 heteroatoms. The highest BCUT2D eigenvalue weighted by Gasteiger charge is 2.17. The Kier molecular flexibility index (Phi) is 3.62. The quantitative estimate of drug-likeness (QED) is 0.832. The van der Waals surface area contributed by atoms with Gasteiger partial charge in [0.1, 0.15) is 0 Å². The van der Waals surface area contributed by atoms with E-state index in [4.69, 9.17) is 4.98 Å². The molecule has 0 saturated carbocycles. The predicted molar refractivity (Wildman–Crippen MR) is 78.3 cm³/mol. The van der Waals surface area contributed by atoms with Gasteiger partial charge in [-0.3, -0.25) is 0 Å². The fourth-order valence-electron chi connectivity index (χ4n) is 2.71. The summed E-state index contributed by atoms with van der Waals surface area (Å²) in [4.78, 5) is 7.37. The SMILES string of the molecule is CC(CN1CCCCC1)c1nc2ccccc2s1. The van der Waals surface area contributed by atoms with Crippen molar-refractivity contribution >= 4 is 21.6 Å². The van der Waals surface area contributed by atoms with Crippen molar-refractivity contribution < 1.29 is 0 Å². The van der Waals surface area contributed by atoms with Gasteiger partial charge in [0, 0.05) is 12.5 Å². The molecule has 2 nitrogen and oxygen atoms in total. The number of benzene rings is 1. The summed E-state index contributed by atoms with van der Waals surface area (Å²) in [6, 6.07) is 8.45. The van der Waals surface area contributed by atoms with E-state index in [1.165, 1.54) is 48.6 Å². The van der Waals surface area contributed by atoms with E-state index in [0.717, 1.165) is 5.52 Å². The Bertz CT molecular complexity index is 481. The highest BCUT2D eigenvalue weighted by molar-refractivity contribution is 7.18. The standard InChI is InChI=1S/C15H20N2S/c1-12(11-17-9-5-2-6-10-17)15-16-13-7-3-4-8-14(13)18-15/h3-4,7-8,12H,2,5-6,9-11H2,1H3. The van der Waals surface area contributed by atoms with E-state index >= 15 is 0 Å². The Morgan fingerprint density at radius 2 is 2.00 bits per heavy atom. The third kappa shape index (κ3) is 2.57. The fourth-order valence-corrected chi connectivity index (χ4v) is 3.72. The lowest BCUT2D eigenvalue weighted by atomic mass is 10.1. The molecule has 3 rings (SSSR count). The van der Waals surface area contributed by atoms with E-state index in [0.29, 0.717) is 5.92 Å². The number of hydrogen-bond donors (Lipinski definition) is 0. The normalized spacial score (nSPS) is 19.2. The lowest BCUT2D eigenvalue weighted by Crippen LogP contribution is -2.32. The number of thiazole rings is 1. The minimum atomic E-state index is 0.556. The minimum Gasteiger partial charge on any atom is -0.303 e. The van der Waals surface area contributed by atoms with Crippen molar-refractivity contribution in [2.75, 3.05) is 19.6 Å². The molecule has 0 spiro atoms. The number of aromatic nitrogens is 1. The first kappa shape index (κ1) is 12.1. The van der Waals surface area contributed by atoms with Crippen molar-refractivity contribution in [3.8, 4) is 0 Å². The minimum absolute atomic E-state index is 0.556. The molecule has 1 aromatic carbocycles. The third-order valence-corrected chi connectivity index (χ3v) is 4.98. The molecule has 1 atom stereocenters. The van der Waals surface area contributed by atoms with Crippen LogP contribution in [0.25, 0.3) is 10.2 Å². The second kappa shape index (κ2) is 5.37. The maximum Gasteiger partial charge on any atom is 0.0979 e. The van der Waals surface area contributed by atoms with Gasteiger partial charge in [0.05, 0.1) is 15.2 Å². The molecular formula is C15H20N2S. The highest BCUT2D eigenvalue weighted by atomic mass is 32.1. The van der Waals surface area contributed by atoms with Crippen molar-refractivity contribution in [2.45, 2.75) is 32.1 Å². The Hall–Kier alpha value is -0.930. The van der Waals surface area contributed by atoms with Crippen LogP contribution in [0.2, 0.25) is 0 Å². The van der Waals surface area contributed by atoms with Gasteiger partial charge in [-0.05, 0) is 38.1 Å². The summed E-state index contributed by atoms with van der Waals surface area (Å²) >= 11 is 1.86. The van der Waals surface area contributed by atoms with Gasteiger partial charge >= 0.3 is 0 Å². The molecule has 0 radical (unpaired) electrons. The second-order valence-electron chi connectivity index (χ2n) is 5.28. The summed E-state index contributed by atoms with van der Waals surface area (Å²) in [5.74, 6) is 0.556. The third-order valence-electron chi connectivity index (χ3n) is 3.71. The van der Waals surface area contributed by atoms with Crippen LogP contribution in [0.15, 0.2) is 24.3 Å². The van der Waals surface area contributed by atoms with Crippen LogP contribution >= 0.6 is 11.3 Å². The number of hydrogen-bond acceptors (Lipinski definition) is 3. The van der Waals surface area contributed by atoms with Gasteiger partial charge in [-0.1, -0.05) is 25.5 Å². The largest absolute Gasteiger partial charge is 0.303 e. The first-order chi connectivity index (χ1) is 8.83. The van der Waals surface area contributed by atoms with Crippen LogP contribution in [0, 0.1) is 0 Å². The Morgan fingerprint density at radius 3 is 2.78 bits per heavy atom. The van der Waals surface area contributed by atoms with Gasteiger partial charge in [-0.2, -0.15) is 0 Å². The summed E-state index contributed by atoms with van der Waals surface area (Å²) in [6.45, 7) is 6.02. The maximum absolute atomic E-state index is 4.77. The van der Waals surface area contributed by atoms with E-state index in [2.05, 4.69) is 36.1 Å².